The fourth-order valence-electron chi connectivity index (χ4n) is 1.72. The Labute approximate surface area is 106 Å². The SMILES string of the molecule is COc1ccc(OC)c(-c2cnc(C)nc2N)c1. The van der Waals surface area contributed by atoms with E-state index in [1.54, 1.807) is 27.3 Å². The van der Waals surface area contributed by atoms with Crippen molar-refractivity contribution in [2.45, 2.75) is 6.92 Å². The molecule has 0 atom stereocenters. The van der Waals surface area contributed by atoms with Crippen molar-refractivity contribution in [2.75, 3.05) is 20.0 Å². The molecule has 0 aliphatic rings. The highest BCUT2D eigenvalue weighted by Gasteiger charge is 2.12. The number of aryl methyl sites for hydroxylation is 1. The van der Waals surface area contributed by atoms with Gasteiger partial charge < -0.3 is 15.2 Å². The number of hydrogen-bond acceptors (Lipinski definition) is 5. The predicted molar refractivity (Wildman–Crippen MR) is 69.7 cm³/mol. The molecule has 0 saturated heterocycles. The maximum Gasteiger partial charge on any atom is 0.135 e. The minimum atomic E-state index is 0.425. The lowest BCUT2D eigenvalue weighted by atomic mass is 10.1. The van der Waals surface area contributed by atoms with Gasteiger partial charge in [-0.1, -0.05) is 0 Å². The van der Waals surface area contributed by atoms with Crippen LogP contribution in [-0.2, 0) is 0 Å². The minimum absolute atomic E-state index is 0.425. The Hall–Kier alpha value is -2.30. The first kappa shape index (κ1) is 12.2. The fourth-order valence-corrected chi connectivity index (χ4v) is 1.72. The summed E-state index contributed by atoms with van der Waals surface area (Å²) in [5.41, 5.74) is 7.47. The molecule has 94 valence electrons. The van der Waals surface area contributed by atoms with Gasteiger partial charge in [-0.25, -0.2) is 9.97 Å². The molecule has 2 N–H and O–H groups in total. The van der Waals surface area contributed by atoms with Crippen molar-refractivity contribution in [3.8, 4) is 22.6 Å². The Morgan fingerprint density at radius 1 is 1.11 bits per heavy atom. The van der Waals surface area contributed by atoms with Gasteiger partial charge in [0.05, 0.1) is 14.2 Å². The Morgan fingerprint density at radius 3 is 2.50 bits per heavy atom. The van der Waals surface area contributed by atoms with Crippen LogP contribution >= 0.6 is 0 Å². The molecule has 1 aromatic heterocycles. The Morgan fingerprint density at radius 2 is 1.89 bits per heavy atom. The number of nitrogen functional groups attached to an aromatic ring is 1. The maximum absolute atomic E-state index is 5.92. The molecule has 5 heteroatoms. The average Bonchev–Trinajstić information content (AvgIpc) is 2.38. The Kier molecular flexibility index (Phi) is 3.32. The van der Waals surface area contributed by atoms with Crippen LogP contribution < -0.4 is 15.2 Å². The zero-order valence-corrected chi connectivity index (χ0v) is 10.6. The molecule has 2 rings (SSSR count). The molecule has 1 heterocycles. The van der Waals surface area contributed by atoms with Gasteiger partial charge in [0.15, 0.2) is 0 Å². The summed E-state index contributed by atoms with van der Waals surface area (Å²) in [4.78, 5) is 8.31. The van der Waals surface area contributed by atoms with E-state index in [1.807, 2.05) is 18.2 Å². The van der Waals surface area contributed by atoms with Crippen LogP contribution in [0.15, 0.2) is 24.4 Å². The van der Waals surface area contributed by atoms with Gasteiger partial charge in [-0.3, -0.25) is 0 Å². The summed E-state index contributed by atoms with van der Waals surface area (Å²) in [7, 11) is 3.22. The van der Waals surface area contributed by atoms with Gasteiger partial charge in [-0.2, -0.15) is 0 Å². The van der Waals surface area contributed by atoms with Gasteiger partial charge >= 0.3 is 0 Å². The summed E-state index contributed by atoms with van der Waals surface area (Å²) in [5, 5.41) is 0. The summed E-state index contributed by atoms with van der Waals surface area (Å²) in [6.07, 6.45) is 1.69. The van der Waals surface area contributed by atoms with E-state index in [-0.39, 0.29) is 0 Å². The van der Waals surface area contributed by atoms with Crippen LogP contribution in [0.1, 0.15) is 5.82 Å². The van der Waals surface area contributed by atoms with E-state index in [2.05, 4.69) is 9.97 Å². The summed E-state index contributed by atoms with van der Waals surface area (Å²) < 4.78 is 10.5. The molecule has 5 nitrogen and oxygen atoms in total. The highest BCUT2D eigenvalue weighted by atomic mass is 16.5. The largest absolute Gasteiger partial charge is 0.497 e. The highest BCUT2D eigenvalue weighted by Crippen LogP contribution is 2.35. The van der Waals surface area contributed by atoms with Crippen LogP contribution in [0.3, 0.4) is 0 Å². The van der Waals surface area contributed by atoms with Crippen molar-refractivity contribution >= 4 is 5.82 Å². The van der Waals surface area contributed by atoms with Gasteiger partial charge in [-0.05, 0) is 25.1 Å². The zero-order valence-electron chi connectivity index (χ0n) is 10.6. The smallest absolute Gasteiger partial charge is 0.135 e. The molecule has 1 aromatic carbocycles. The van der Waals surface area contributed by atoms with Crippen molar-refractivity contribution in [1.82, 2.24) is 9.97 Å². The maximum atomic E-state index is 5.92. The standard InChI is InChI=1S/C13H15N3O2/c1-8-15-7-11(13(14)16-8)10-6-9(17-2)4-5-12(10)18-3/h4-7H,1-3H3,(H2,14,15,16). The van der Waals surface area contributed by atoms with E-state index in [0.717, 1.165) is 16.9 Å². The number of methoxy groups -OCH3 is 2. The average molecular weight is 245 g/mol. The molecule has 18 heavy (non-hydrogen) atoms. The van der Waals surface area contributed by atoms with Crippen LogP contribution in [0.5, 0.6) is 11.5 Å². The quantitative estimate of drug-likeness (QED) is 0.896. The summed E-state index contributed by atoms with van der Waals surface area (Å²) >= 11 is 0. The number of anilines is 1. The van der Waals surface area contributed by atoms with Crippen LogP contribution in [0.2, 0.25) is 0 Å². The van der Waals surface area contributed by atoms with Gasteiger partial charge in [0, 0.05) is 17.3 Å². The normalized spacial score (nSPS) is 10.2. The summed E-state index contributed by atoms with van der Waals surface area (Å²) in [5.74, 6) is 2.49. The lowest BCUT2D eigenvalue weighted by Gasteiger charge is -2.11. The second-order valence-corrected chi connectivity index (χ2v) is 3.78. The molecule has 0 spiro atoms. The molecule has 0 radical (unpaired) electrons. The molecule has 0 saturated carbocycles. The van der Waals surface area contributed by atoms with Crippen molar-refractivity contribution in [1.29, 1.82) is 0 Å². The van der Waals surface area contributed by atoms with Crippen molar-refractivity contribution < 1.29 is 9.47 Å². The minimum Gasteiger partial charge on any atom is -0.497 e. The third-order valence-corrected chi connectivity index (χ3v) is 2.64. The van der Waals surface area contributed by atoms with E-state index in [1.165, 1.54) is 0 Å². The number of hydrogen-bond donors (Lipinski definition) is 1. The Bertz CT molecular complexity index is 570. The van der Waals surface area contributed by atoms with Crippen molar-refractivity contribution in [2.24, 2.45) is 0 Å². The van der Waals surface area contributed by atoms with Crippen LogP contribution in [0.4, 0.5) is 5.82 Å². The van der Waals surface area contributed by atoms with Gasteiger partial charge in [-0.15, -0.1) is 0 Å². The molecular formula is C13H15N3O2. The number of aromatic nitrogens is 2. The first-order chi connectivity index (χ1) is 8.65. The molecule has 0 bridgehead atoms. The predicted octanol–water partition coefficient (Wildman–Crippen LogP) is 2.05. The van der Waals surface area contributed by atoms with Gasteiger partial charge in [0.2, 0.25) is 0 Å². The van der Waals surface area contributed by atoms with E-state index >= 15 is 0 Å². The van der Waals surface area contributed by atoms with Crippen molar-refractivity contribution in [3.05, 3.63) is 30.2 Å². The monoisotopic (exact) mass is 245 g/mol. The lowest BCUT2D eigenvalue weighted by molar-refractivity contribution is 0.404. The first-order valence-electron chi connectivity index (χ1n) is 5.47. The number of rotatable bonds is 3. The number of ether oxygens (including phenoxy) is 2. The Balaban J connectivity index is 2.60. The summed E-state index contributed by atoms with van der Waals surface area (Å²) in [6.45, 7) is 1.79. The van der Waals surface area contributed by atoms with Gasteiger partial charge in [0.25, 0.3) is 0 Å². The van der Waals surface area contributed by atoms with Crippen molar-refractivity contribution in [3.63, 3.8) is 0 Å². The van der Waals surface area contributed by atoms with Gasteiger partial charge in [0.1, 0.15) is 23.1 Å². The molecule has 0 fully saturated rings. The second-order valence-electron chi connectivity index (χ2n) is 3.78. The van der Waals surface area contributed by atoms with Crippen LogP contribution in [0.25, 0.3) is 11.1 Å². The lowest BCUT2D eigenvalue weighted by Crippen LogP contribution is -1.99. The third kappa shape index (κ3) is 2.20. The van der Waals surface area contributed by atoms with E-state index in [9.17, 15) is 0 Å². The van der Waals surface area contributed by atoms with E-state index in [0.29, 0.717) is 17.4 Å². The summed E-state index contributed by atoms with van der Waals surface area (Å²) in [6, 6.07) is 5.50. The molecule has 0 unspecified atom stereocenters. The molecule has 0 aliphatic carbocycles. The molecule has 2 aromatic rings. The first-order valence-corrected chi connectivity index (χ1v) is 5.47. The van der Waals surface area contributed by atoms with Crippen LogP contribution in [0, 0.1) is 6.92 Å². The van der Waals surface area contributed by atoms with E-state index in [4.69, 9.17) is 15.2 Å². The molecule has 0 aliphatic heterocycles. The second kappa shape index (κ2) is 4.91. The molecular weight excluding hydrogens is 230 g/mol. The molecule has 0 amide bonds. The van der Waals surface area contributed by atoms with E-state index < -0.39 is 0 Å². The van der Waals surface area contributed by atoms with Crippen LogP contribution in [-0.4, -0.2) is 24.2 Å². The highest BCUT2D eigenvalue weighted by molar-refractivity contribution is 5.78. The fraction of sp³-hybridized carbons (Fsp3) is 0.231. The zero-order chi connectivity index (χ0) is 13.1. The number of benzene rings is 1. The number of nitrogens with two attached hydrogens (primary N) is 1. The number of nitrogens with zero attached hydrogens (tertiary/aromatic N) is 2. The third-order valence-electron chi connectivity index (χ3n) is 2.64. The topological polar surface area (TPSA) is 70.3 Å².